The first-order valence-corrected chi connectivity index (χ1v) is 11.9. The van der Waals surface area contributed by atoms with E-state index in [1.54, 1.807) is 36.4 Å². The predicted octanol–water partition coefficient (Wildman–Crippen LogP) is 4.14. The predicted molar refractivity (Wildman–Crippen MR) is 124 cm³/mol. The van der Waals surface area contributed by atoms with Crippen LogP contribution in [0.3, 0.4) is 0 Å². The molecule has 0 radical (unpaired) electrons. The third-order valence-corrected chi connectivity index (χ3v) is 7.34. The van der Waals surface area contributed by atoms with Crippen LogP contribution >= 0.6 is 0 Å². The zero-order valence-electron chi connectivity index (χ0n) is 18.3. The van der Waals surface area contributed by atoms with Crippen molar-refractivity contribution in [3.8, 4) is 5.75 Å². The van der Waals surface area contributed by atoms with Crippen LogP contribution in [0.4, 0.5) is 5.69 Å². The highest BCUT2D eigenvalue weighted by molar-refractivity contribution is 7.92. The Kier molecular flexibility index (Phi) is 5.93. The SMILES string of the molecule is Cc1ccc(S(=O)(=O)N2CC(C(=O)NC(C)c3ccccc3)Oc3cc(C)ccc32)cc1. The van der Waals surface area contributed by atoms with Gasteiger partial charge in [-0.15, -0.1) is 0 Å². The second-order valence-electron chi connectivity index (χ2n) is 8.07. The standard InChI is InChI=1S/C25H26N2O4S/c1-17-9-12-21(13-10-17)32(29,30)27-16-24(31-23-15-18(2)11-14-22(23)27)25(28)26-19(3)20-7-5-4-6-8-20/h4-15,19,24H,16H2,1-3H3,(H,26,28). The van der Waals surface area contributed by atoms with Crippen LogP contribution in [0.5, 0.6) is 5.75 Å². The van der Waals surface area contributed by atoms with E-state index in [2.05, 4.69) is 5.32 Å². The Balaban J connectivity index is 1.65. The van der Waals surface area contributed by atoms with E-state index < -0.39 is 16.1 Å². The molecule has 3 aromatic carbocycles. The van der Waals surface area contributed by atoms with Crippen LogP contribution in [0, 0.1) is 13.8 Å². The molecular formula is C25H26N2O4S. The van der Waals surface area contributed by atoms with Crippen molar-refractivity contribution in [2.45, 2.75) is 37.8 Å². The van der Waals surface area contributed by atoms with Crippen molar-refractivity contribution in [1.29, 1.82) is 0 Å². The Labute approximate surface area is 188 Å². The number of ether oxygens (including phenoxy) is 1. The molecule has 6 nitrogen and oxygen atoms in total. The van der Waals surface area contributed by atoms with E-state index in [1.807, 2.05) is 57.2 Å². The molecule has 0 saturated carbocycles. The number of benzene rings is 3. The van der Waals surface area contributed by atoms with Gasteiger partial charge in [-0.3, -0.25) is 9.10 Å². The quantitative estimate of drug-likeness (QED) is 0.634. The average molecular weight is 451 g/mol. The molecule has 0 aromatic heterocycles. The lowest BCUT2D eigenvalue weighted by Gasteiger charge is -2.35. The summed E-state index contributed by atoms with van der Waals surface area (Å²) in [6, 6.07) is 21.3. The number of rotatable bonds is 5. The summed E-state index contributed by atoms with van der Waals surface area (Å²) in [5, 5.41) is 2.95. The summed E-state index contributed by atoms with van der Waals surface area (Å²) in [6.07, 6.45) is -0.976. The molecule has 0 saturated heterocycles. The number of aryl methyl sites for hydroxylation is 2. The average Bonchev–Trinajstić information content (AvgIpc) is 2.78. The number of carbonyl (C=O) groups is 1. The van der Waals surface area contributed by atoms with Gasteiger partial charge in [-0.25, -0.2) is 8.42 Å². The van der Waals surface area contributed by atoms with Gasteiger partial charge in [0.2, 0.25) is 0 Å². The van der Waals surface area contributed by atoms with Crippen molar-refractivity contribution in [2.24, 2.45) is 0 Å². The third kappa shape index (κ3) is 4.34. The van der Waals surface area contributed by atoms with Gasteiger partial charge in [0.15, 0.2) is 6.10 Å². The molecule has 0 spiro atoms. The molecule has 4 rings (SSSR count). The van der Waals surface area contributed by atoms with Crippen LogP contribution in [0.25, 0.3) is 0 Å². The Hall–Kier alpha value is -3.32. The Bertz CT molecular complexity index is 1220. The first-order valence-electron chi connectivity index (χ1n) is 10.5. The van der Waals surface area contributed by atoms with E-state index in [4.69, 9.17) is 4.74 Å². The molecule has 1 heterocycles. The first kappa shape index (κ1) is 21.9. The summed E-state index contributed by atoms with van der Waals surface area (Å²) in [7, 11) is -3.88. The van der Waals surface area contributed by atoms with Crippen LogP contribution in [-0.2, 0) is 14.8 Å². The van der Waals surface area contributed by atoms with Crippen LogP contribution in [0.15, 0.2) is 77.7 Å². The molecular weight excluding hydrogens is 424 g/mol. The lowest BCUT2D eigenvalue weighted by Crippen LogP contribution is -2.51. The van der Waals surface area contributed by atoms with E-state index in [1.165, 1.54) is 4.31 Å². The second kappa shape index (κ2) is 8.67. The van der Waals surface area contributed by atoms with Gasteiger partial charge in [-0.2, -0.15) is 0 Å². The fourth-order valence-corrected chi connectivity index (χ4v) is 5.17. The molecule has 0 fully saturated rings. The van der Waals surface area contributed by atoms with Crippen molar-refractivity contribution in [3.05, 3.63) is 89.5 Å². The third-order valence-electron chi connectivity index (χ3n) is 5.54. The Morgan fingerprint density at radius 2 is 1.66 bits per heavy atom. The van der Waals surface area contributed by atoms with E-state index in [9.17, 15) is 13.2 Å². The highest BCUT2D eigenvalue weighted by Gasteiger charge is 2.38. The second-order valence-corrected chi connectivity index (χ2v) is 9.93. The van der Waals surface area contributed by atoms with Crippen LogP contribution in [-0.4, -0.2) is 27.0 Å². The number of sulfonamides is 1. The molecule has 2 atom stereocenters. The van der Waals surface area contributed by atoms with Crippen molar-refractivity contribution in [3.63, 3.8) is 0 Å². The van der Waals surface area contributed by atoms with E-state index in [0.29, 0.717) is 11.4 Å². The van der Waals surface area contributed by atoms with E-state index >= 15 is 0 Å². The van der Waals surface area contributed by atoms with Crippen molar-refractivity contribution >= 4 is 21.6 Å². The Morgan fingerprint density at radius 1 is 1.00 bits per heavy atom. The molecule has 3 aromatic rings. The molecule has 7 heteroatoms. The molecule has 2 unspecified atom stereocenters. The van der Waals surface area contributed by atoms with Gasteiger partial charge in [-0.05, 0) is 56.2 Å². The minimum absolute atomic E-state index is 0.111. The minimum atomic E-state index is -3.88. The lowest BCUT2D eigenvalue weighted by atomic mass is 10.1. The monoisotopic (exact) mass is 450 g/mol. The molecule has 1 amide bonds. The topological polar surface area (TPSA) is 75.7 Å². The summed E-state index contributed by atoms with van der Waals surface area (Å²) >= 11 is 0. The van der Waals surface area contributed by atoms with Crippen molar-refractivity contribution in [2.75, 3.05) is 10.8 Å². The maximum absolute atomic E-state index is 13.5. The zero-order chi connectivity index (χ0) is 22.9. The van der Waals surface area contributed by atoms with E-state index in [0.717, 1.165) is 16.7 Å². The summed E-state index contributed by atoms with van der Waals surface area (Å²) in [5.74, 6) is 0.0112. The highest BCUT2D eigenvalue weighted by Crippen LogP contribution is 2.37. The fraction of sp³-hybridized carbons (Fsp3) is 0.240. The summed E-state index contributed by atoms with van der Waals surface area (Å²) in [4.78, 5) is 13.2. The number of nitrogens with one attached hydrogen (secondary N) is 1. The lowest BCUT2D eigenvalue weighted by molar-refractivity contribution is -0.128. The maximum Gasteiger partial charge on any atom is 0.264 e. The number of fused-ring (bicyclic) bond motifs is 1. The molecule has 166 valence electrons. The van der Waals surface area contributed by atoms with Crippen molar-refractivity contribution < 1.29 is 17.9 Å². The van der Waals surface area contributed by atoms with Crippen LogP contribution in [0.2, 0.25) is 0 Å². The number of nitrogens with zero attached hydrogens (tertiary/aromatic N) is 1. The van der Waals surface area contributed by atoms with Gasteiger partial charge in [0, 0.05) is 0 Å². The van der Waals surface area contributed by atoms with Gasteiger partial charge in [-0.1, -0.05) is 54.1 Å². The Morgan fingerprint density at radius 3 is 2.34 bits per heavy atom. The number of carbonyl (C=O) groups excluding carboxylic acids is 1. The molecule has 1 aliphatic heterocycles. The molecule has 32 heavy (non-hydrogen) atoms. The van der Waals surface area contributed by atoms with Gasteiger partial charge in [0.05, 0.1) is 23.2 Å². The number of hydrogen-bond acceptors (Lipinski definition) is 4. The van der Waals surface area contributed by atoms with Crippen LogP contribution < -0.4 is 14.4 Å². The molecule has 0 aliphatic carbocycles. The normalized spacial score (nSPS) is 16.6. The molecule has 1 N–H and O–H groups in total. The van der Waals surface area contributed by atoms with Crippen molar-refractivity contribution in [1.82, 2.24) is 5.32 Å². The molecule has 1 aliphatic rings. The summed E-state index contributed by atoms with van der Waals surface area (Å²) in [6.45, 7) is 5.57. The minimum Gasteiger partial charge on any atom is -0.476 e. The number of hydrogen-bond donors (Lipinski definition) is 1. The maximum atomic E-state index is 13.5. The highest BCUT2D eigenvalue weighted by atomic mass is 32.2. The summed E-state index contributed by atoms with van der Waals surface area (Å²) < 4.78 is 34.2. The number of amides is 1. The van der Waals surface area contributed by atoms with E-state index in [-0.39, 0.29) is 23.4 Å². The summed E-state index contributed by atoms with van der Waals surface area (Å²) in [5.41, 5.74) is 3.26. The fourth-order valence-electron chi connectivity index (χ4n) is 3.69. The van der Waals surface area contributed by atoms with Gasteiger partial charge < -0.3 is 10.1 Å². The number of anilines is 1. The molecule has 0 bridgehead atoms. The van der Waals surface area contributed by atoms with Gasteiger partial charge in [0.25, 0.3) is 15.9 Å². The largest absolute Gasteiger partial charge is 0.476 e. The van der Waals surface area contributed by atoms with Gasteiger partial charge >= 0.3 is 0 Å². The first-order chi connectivity index (χ1) is 15.3. The van der Waals surface area contributed by atoms with Crippen LogP contribution in [0.1, 0.15) is 29.7 Å². The van der Waals surface area contributed by atoms with Gasteiger partial charge in [0.1, 0.15) is 5.75 Å². The smallest absolute Gasteiger partial charge is 0.264 e. The zero-order valence-corrected chi connectivity index (χ0v) is 19.1.